The van der Waals surface area contributed by atoms with E-state index in [2.05, 4.69) is 25.8 Å². The number of alkyl halides is 1. The first kappa shape index (κ1) is 9.53. The predicted molar refractivity (Wildman–Crippen MR) is 49.5 cm³/mol. The van der Waals surface area contributed by atoms with E-state index in [0.717, 1.165) is 0 Å². The molecule has 0 atom stereocenters. The molecule has 0 radical (unpaired) electrons. The molecule has 0 amide bonds. The number of rotatable bonds is 3. The average Bonchev–Trinajstić information content (AvgIpc) is 2.36. The Morgan fingerprint density at radius 3 is 2.83 bits per heavy atom. The van der Waals surface area contributed by atoms with E-state index in [-0.39, 0.29) is 4.66 Å². The summed E-state index contributed by atoms with van der Waals surface area (Å²) in [5.41, 5.74) is 0. The number of hydrogen-bond donors (Lipinski definition) is 1. The molecule has 0 spiro atoms. The molecule has 0 aromatic carbocycles. The lowest BCUT2D eigenvalue weighted by atomic mass is 10.7. The molecule has 1 aromatic rings. The van der Waals surface area contributed by atoms with Crippen LogP contribution in [0.25, 0.3) is 0 Å². The Morgan fingerprint density at radius 1 is 1.75 bits per heavy atom. The molecule has 68 valence electrons. The van der Waals surface area contributed by atoms with Crippen LogP contribution in [0.5, 0.6) is 0 Å². The quantitative estimate of drug-likeness (QED) is 0.799. The first-order valence-electron chi connectivity index (χ1n) is 3.09. The van der Waals surface area contributed by atoms with Gasteiger partial charge in [-0.2, -0.15) is 5.10 Å². The summed E-state index contributed by atoms with van der Waals surface area (Å²) in [6, 6.07) is 1.58. The van der Waals surface area contributed by atoms with Gasteiger partial charge >= 0.3 is 0 Å². The minimum atomic E-state index is -3.26. The third-order valence-corrected chi connectivity index (χ3v) is 3.84. The van der Waals surface area contributed by atoms with Gasteiger partial charge in [0.2, 0.25) is 10.0 Å². The van der Waals surface area contributed by atoms with Crippen molar-refractivity contribution in [2.45, 2.75) is 0 Å². The fraction of sp³-hybridized carbons (Fsp3) is 0.400. The summed E-state index contributed by atoms with van der Waals surface area (Å²) >= 11 is 2.86. The Balaban J connectivity index is 2.84. The van der Waals surface area contributed by atoms with Crippen LogP contribution in [-0.2, 0) is 17.1 Å². The van der Waals surface area contributed by atoms with Crippen LogP contribution in [0.2, 0.25) is 0 Å². The normalized spacial score (nSPS) is 11.5. The zero-order valence-corrected chi connectivity index (χ0v) is 8.76. The molecule has 0 saturated heterocycles. The van der Waals surface area contributed by atoms with E-state index in [1.165, 1.54) is 10.9 Å². The Labute approximate surface area is 78.9 Å². The molecule has 12 heavy (non-hydrogen) atoms. The highest BCUT2D eigenvalue weighted by Gasteiger charge is 2.09. The summed E-state index contributed by atoms with van der Waals surface area (Å²) in [4.78, 5) is 0. The Bertz CT molecular complexity index is 359. The monoisotopic (exact) mass is 253 g/mol. The van der Waals surface area contributed by atoms with Crippen molar-refractivity contribution in [2.75, 3.05) is 9.38 Å². The summed E-state index contributed by atoms with van der Waals surface area (Å²) in [5.74, 6) is 0.453. The van der Waals surface area contributed by atoms with Crippen molar-refractivity contribution >= 4 is 31.8 Å². The number of halogens is 1. The van der Waals surface area contributed by atoms with Crippen LogP contribution in [0.3, 0.4) is 0 Å². The van der Waals surface area contributed by atoms with E-state index >= 15 is 0 Å². The van der Waals surface area contributed by atoms with Gasteiger partial charge in [0.05, 0.1) is 6.20 Å². The van der Waals surface area contributed by atoms with Gasteiger partial charge in [0, 0.05) is 13.1 Å². The predicted octanol–water partition coefficient (Wildman–Crippen LogP) is 0.514. The lowest BCUT2D eigenvalue weighted by Crippen LogP contribution is -2.15. The second kappa shape index (κ2) is 3.44. The van der Waals surface area contributed by atoms with Crippen molar-refractivity contribution in [1.29, 1.82) is 0 Å². The SMILES string of the molecule is Cn1nccc1NS(=O)(=O)CBr. The van der Waals surface area contributed by atoms with E-state index in [4.69, 9.17) is 0 Å². The number of nitrogens with zero attached hydrogens (tertiary/aromatic N) is 2. The largest absolute Gasteiger partial charge is 0.267 e. The van der Waals surface area contributed by atoms with E-state index in [1.807, 2.05) is 0 Å². The molecule has 0 bridgehead atoms. The second-order valence-corrected chi connectivity index (χ2v) is 5.19. The molecule has 0 aliphatic rings. The van der Waals surface area contributed by atoms with Crippen molar-refractivity contribution in [3.05, 3.63) is 12.3 Å². The molecular weight excluding hydrogens is 246 g/mol. The van der Waals surface area contributed by atoms with E-state index in [1.54, 1.807) is 13.1 Å². The van der Waals surface area contributed by atoms with E-state index in [0.29, 0.717) is 5.82 Å². The fourth-order valence-corrected chi connectivity index (χ4v) is 1.58. The number of aromatic nitrogens is 2. The summed E-state index contributed by atoms with van der Waals surface area (Å²) < 4.78 is 25.7. The first-order chi connectivity index (χ1) is 5.55. The summed E-state index contributed by atoms with van der Waals surface area (Å²) in [6.45, 7) is 0. The van der Waals surface area contributed by atoms with Crippen molar-refractivity contribution in [1.82, 2.24) is 9.78 Å². The molecule has 5 nitrogen and oxygen atoms in total. The van der Waals surface area contributed by atoms with Crippen molar-refractivity contribution in [3.63, 3.8) is 0 Å². The number of sulfonamides is 1. The van der Waals surface area contributed by atoms with Gasteiger partial charge in [0.1, 0.15) is 10.5 Å². The third-order valence-electron chi connectivity index (χ3n) is 1.22. The zero-order valence-electron chi connectivity index (χ0n) is 6.36. The summed E-state index contributed by atoms with van der Waals surface area (Å²) in [7, 11) is -1.60. The molecule has 1 aromatic heterocycles. The maximum absolute atomic E-state index is 11.0. The second-order valence-electron chi connectivity index (χ2n) is 2.17. The third kappa shape index (κ3) is 2.21. The highest BCUT2D eigenvalue weighted by Crippen LogP contribution is 2.07. The van der Waals surface area contributed by atoms with Crippen LogP contribution in [0.1, 0.15) is 0 Å². The minimum Gasteiger partial charge on any atom is -0.267 e. The maximum Gasteiger partial charge on any atom is 0.243 e. The highest BCUT2D eigenvalue weighted by molar-refractivity contribution is 9.10. The Morgan fingerprint density at radius 2 is 2.42 bits per heavy atom. The van der Waals surface area contributed by atoms with Crippen LogP contribution in [0.4, 0.5) is 5.82 Å². The first-order valence-corrected chi connectivity index (χ1v) is 5.87. The van der Waals surface area contributed by atoms with Gasteiger partial charge in [-0.3, -0.25) is 9.40 Å². The lowest BCUT2D eigenvalue weighted by Gasteiger charge is -2.03. The smallest absolute Gasteiger partial charge is 0.243 e. The van der Waals surface area contributed by atoms with Crippen LogP contribution >= 0.6 is 15.9 Å². The van der Waals surface area contributed by atoms with Crippen molar-refractivity contribution in [3.8, 4) is 0 Å². The van der Waals surface area contributed by atoms with Gasteiger partial charge in [0.15, 0.2) is 0 Å². The van der Waals surface area contributed by atoms with Crippen molar-refractivity contribution in [2.24, 2.45) is 7.05 Å². The van der Waals surface area contributed by atoms with Gasteiger partial charge in [-0.25, -0.2) is 8.42 Å². The molecule has 0 aliphatic heterocycles. The van der Waals surface area contributed by atoms with Gasteiger partial charge in [0.25, 0.3) is 0 Å². The van der Waals surface area contributed by atoms with Gasteiger partial charge < -0.3 is 0 Å². The zero-order chi connectivity index (χ0) is 9.19. The van der Waals surface area contributed by atoms with Gasteiger partial charge in [-0.15, -0.1) is 0 Å². The van der Waals surface area contributed by atoms with E-state index < -0.39 is 10.0 Å². The molecule has 1 N–H and O–H groups in total. The molecule has 7 heteroatoms. The van der Waals surface area contributed by atoms with Crippen molar-refractivity contribution < 1.29 is 8.42 Å². The van der Waals surface area contributed by atoms with E-state index in [9.17, 15) is 8.42 Å². The molecule has 0 aliphatic carbocycles. The number of anilines is 1. The van der Waals surface area contributed by atoms with Crippen LogP contribution in [0.15, 0.2) is 12.3 Å². The van der Waals surface area contributed by atoms with Gasteiger partial charge in [-0.05, 0) is 0 Å². The average molecular weight is 254 g/mol. The van der Waals surface area contributed by atoms with Crippen LogP contribution in [-0.4, -0.2) is 22.9 Å². The fourth-order valence-electron chi connectivity index (χ4n) is 0.661. The summed E-state index contributed by atoms with van der Waals surface area (Å²) in [6.07, 6.45) is 1.52. The Hall–Kier alpha value is -0.560. The topological polar surface area (TPSA) is 64.0 Å². The minimum absolute atomic E-state index is 0.120. The molecule has 0 fully saturated rings. The van der Waals surface area contributed by atoms with Crippen LogP contribution in [0, 0.1) is 0 Å². The number of aryl methyl sites for hydroxylation is 1. The molecule has 1 rings (SSSR count). The standard InChI is InChI=1S/C5H8BrN3O2S/c1-9-5(2-3-7-9)8-12(10,11)4-6/h2-3,8H,4H2,1H3. The maximum atomic E-state index is 11.0. The molecule has 0 unspecified atom stereocenters. The van der Waals surface area contributed by atoms with Crippen LogP contribution < -0.4 is 4.72 Å². The highest BCUT2D eigenvalue weighted by atomic mass is 79.9. The molecule has 1 heterocycles. The number of nitrogens with one attached hydrogen (secondary N) is 1. The molecular formula is C5H8BrN3O2S. The molecule has 0 saturated carbocycles. The lowest BCUT2D eigenvalue weighted by molar-refractivity contribution is 0.605. The van der Waals surface area contributed by atoms with Gasteiger partial charge in [-0.1, -0.05) is 15.9 Å². The Kier molecular flexibility index (Phi) is 2.73. The summed E-state index contributed by atoms with van der Waals surface area (Å²) in [5, 5.41) is 3.81. The number of hydrogen-bond acceptors (Lipinski definition) is 3.